The van der Waals surface area contributed by atoms with Crippen LogP contribution in [0.3, 0.4) is 0 Å². The van der Waals surface area contributed by atoms with Crippen LogP contribution in [0.5, 0.6) is 0 Å². The van der Waals surface area contributed by atoms with Gasteiger partial charge < -0.3 is 9.15 Å². The minimum absolute atomic E-state index is 0.294. The maximum atomic E-state index is 5.92. The molecule has 0 aliphatic carbocycles. The highest BCUT2D eigenvalue weighted by Crippen LogP contribution is 2.30. The van der Waals surface area contributed by atoms with Gasteiger partial charge in [0.05, 0.1) is 6.20 Å². The fourth-order valence-corrected chi connectivity index (χ4v) is 2.93. The van der Waals surface area contributed by atoms with Gasteiger partial charge in [-0.2, -0.15) is 9.78 Å². The van der Waals surface area contributed by atoms with Gasteiger partial charge in [0.1, 0.15) is 0 Å². The molecule has 1 saturated heterocycles. The molecule has 0 bridgehead atoms. The Hall–Kier alpha value is -2.12. The van der Waals surface area contributed by atoms with Crippen LogP contribution in [0.1, 0.15) is 24.6 Å². The van der Waals surface area contributed by atoms with Crippen LogP contribution in [0.4, 0.5) is 0 Å². The molecule has 0 atom stereocenters. The Bertz CT molecular complexity index is 816. The number of aromatic nitrogens is 5. The van der Waals surface area contributed by atoms with Gasteiger partial charge in [-0.25, -0.2) is 4.98 Å². The lowest BCUT2D eigenvalue weighted by molar-refractivity contribution is 0.0836. The fraction of sp³-hybridized carbons (Fsp3) is 0.400. The van der Waals surface area contributed by atoms with Gasteiger partial charge in [-0.3, -0.25) is 4.68 Å². The van der Waals surface area contributed by atoms with E-state index in [-0.39, 0.29) is 0 Å². The van der Waals surface area contributed by atoms with E-state index in [2.05, 4.69) is 5.10 Å². The number of hydrogen-bond acceptors (Lipinski definition) is 5. The minimum Gasteiger partial charge on any atom is -0.441 e. The molecule has 1 aliphatic rings. The molecule has 120 valence electrons. The predicted molar refractivity (Wildman–Crippen MR) is 83.6 cm³/mol. The van der Waals surface area contributed by atoms with Crippen LogP contribution in [0.2, 0.25) is 5.22 Å². The molecule has 23 heavy (non-hydrogen) atoms. The third-order valence-electron chi connectivity index (χ3n) is 4.02. The number of halogens is 1. The van der Waals surface area contributed by atoms with Gasteiger partial charge in [-0.15, -0.1) is 5.10 Å². The summed E-state index contributed by atoms with van der Waals surface area (Å²) in [6.07, 6.45) is 3.57. The van der Waals surface area contributed by atoms with Crippen molar-refractivity contribution in [1.29, 1.82) is 0 Å². The third-order valence-corrected chi connectivity index (χ3v) is 4.22. The summed E-state index contributed by atoms with van der Waals surface area (Å²) in [5, 5.41) is 9.24. The Balaban J connectivity index is 1.82. The van der Waals surface area contributed by atoms with Crippen LogP contribution in [0, 0.1) is 0 Å². The van der Waals surface area contributed by atoms with E-state index in [1.54, 1.807) is 27.7 Å². The van der Waals surface area contributed by atoms with E-state index >= 15 is 0 Å². The van der Waals surface area contributed by atoms with Crippen molar-refractivity contribution >= 4 is 11.6 Å². The molecule has 0 unspecified atom stereocenters. The first-order chi connectivity index (χ1) is 11.2. The molecule has 0 N–H and O–H groups in total. The first kappa shape index (κ1) is 14.5. The van der Waals surface area contributed by atoms with Crippen molar-refractivity contribution in [2.75, 3.05) is 13.2 Å². The zero-order valence-corrected chi connectivity index (χ0v) is 13.4. The van der Waals surface area contributed by atoms with Gasteiger partial charge in [0.25, 0.3) is 0 Å². The molecule has 1 aliphatic heterocycles. The fourth-order valence-electron chi connectivity index (χ4n) is 2.79. The van der Waals surface area contributed by atoms with Gasteiger partial charge >= 0.3 is 0 Å². The SMILES string of the molecule is Cn1nccc1-n1nc(C2CCOCC2)nc1-c1ccc(Cl)o1. The highest BCUT2D eigenvalue weighted by atomic mass is 35.5. The average molecular weight is 334 g/mol. The summed E-state index contributed by atoms with van der Waals surface area (Å²) in [6, 6.07) is 5.39. The molecular weight excluding hydrogens is 318 g/mol. The Labute approximate surface area is 137 Å². The summed E-state index contributed by atoms with van der Waals surface area (Å²) >= 11 is 5.92. The van der Waals surface area contributed by atoms with E-state index in [0.29, 0.717) is 22.7 Å². The Kier molecular flexibility index (Phi) is 3.66. The number of furan rings is 1. The molecule has 7 nitrogen and oxygen atoms in total. The molecule has 0 spiro atoms. The molecule has 0 radical (unpaired) electrons. The van der Waals surface area contributed by atoms with Crippen molar-refractivity contribution in [2.45, 2.75) is 18.8 Å². The maximum absolute atomic E-state index is 5.92. The highest BCUT2D eigenvalue weighted by Gasteiger charge is 2.25. The zero-order chi connectivity index (χ0) is 15.8. The van der Waals surface area contributed by atoms with Gasteiger partial charge in [0, 0.05) is 32.2 Å². The Morgan fingerprint density at radius 1 is 1.22 bits per heavy atom. The third kappa shape index (κ3) is 2.66. The number of nitrogens with zero attached hydrogens (tertiary/aromatic N) is 5. The lowest BCUT2D eigenvalue weighted by Gasteiger charge is -2.18. The maximum Gasteiger partial charge on any atom is 0.200 e. The quantitative estimate of drug-likeness (QED) is 0.737. The Morgan fingerprint density at radius 3 is 2.70 bits per heavy atom. The van der Waals surface area contributed by atoms with E-state index in [1.165, 1.54) is 0 Å². The smallest absolute Gasteiger partial charge is 0.200 e. The Morgan fingerprint density at radius 2 is 2.04 bits per heavy atom. The zero-order valence-electron chi connectivity index (χ0n) is 12.6. The predicted octanol–water partition coefficient (Wildman–Crippen LogP) is 2.81. The van der Waals surface area contributed by atoms with Crippen LogP contribution in [-0.2, 0) is 11.8 Å². The van der Waals surface area contributed by atoms with Crippen molar-refractivity contribution in [1.82, 2.24) is 24.5 Å². The number of aryl methyl sites for hydroxylation is 1. The summed E-state index contributed by atoms with van der Waals surface area (Å²) in [7, 11) is 1.87. The number of ether oxygens (including phenoxy) is 1. The monoisotopic (exact) mass is 333 g/mol. The largest absolute Gasteiger partial charge is 0.441 e. The standard InChI is InChI=1S/C15H16ClN5O2/c1-20-13(4-7-17-20)21-15(11-2-3-12(16)23-11)18-14(19-21)10-5-8-22-9-6-10/h2-4,7,10H,5-6,8-9H2,1H3. The summed E-state index contributed by atoms with van der Waals surface area (Å²) in [5.41, 5.74) is 0. The summed E-state index contributed by atoms with van der Waals surface area (Å²) in [5.74, 6) is 3.13. The molecule has 3 aromatic rings. The van der Waals surface area contributed by atoms with E-state index < -0.39 is 0 Å². The van der Waals surface area contributed by atoms with Crippen molar-refractivity contribution in [2.24, 2.45) is 7.05 Å². The van der Waals surface area contributed by atoms with Crippen molar-refractivity contribution < 1.29 is 9.15 Å². The van der Waals surface area contributed by atoms with Gasteiger partial charge in [-0.1, -0.05) is 0 Å². The van der Waals surface area contributed by atoms with Crippen molar-refractivity contribution in [3.63, 3.8) is 0 Å². The van der Waals surface area contributed by atoms with Crippen LogP contribution < -0.4 is 0 Å². The lowest BCUT2D eigenvalue weighted by Crippen LogP contribution is -2.15. The topological polar surface area (TPSA) is 70.9 Å². The van der Waals surface area contributed by atoms with Crippen LogP contribution >= 0.6 is 11.6 Å². The van der Waals surface area contributed by atoms with E-state index in [9.17, 15) is 0 Å². The second-order valence-electron chi connectivity index (χ2n) is 5.51. The summed E-state index contributed by atoms with van der Waals surface area (Å²) < 4.78 is 14.5. The molecule has 0 amide bonds. The normalized spacial score (nSPS) is 16.1. The first-order valence-electron chi connectivity index (χ1n) is 7.51. The molecule has 4 rings (SSSR count). The lowest BCUT2D eigenvalue weighted by atomic mass is 10.00. The van der Waals surface area contributed by atoms with Crippen molar-refractivity contribution in [3.8, 4) is 17.4 Å². The molecule has 4 heterocycles. The first-order valence-corrected chi connectivity index (χ1v) is 7.89. The van der Waals surface area contributed by atoms with E-state index in [4.69, 9.17) is 30.8 Å². The summed E-state index contributed by atoms with van der Waals surface area (Å²) in [4.78, 5) is 4.72. The molecule has 0 saturated carbocycles. The number of rotatable bonds is 3. The van der Waals surface area contributed by atoms with Gasteiger partial charge in [0.2, 0.25) is 5.82 Å². The van der Waals surface area contributed by atoms with Crippen LogP contribution in [-0.4, -0.2) is 37.8 Å². The number of hydrogen-bond donors (Lipinski definition) is 0. The molecule has 0 aromatic carbocycles. The highest BCUT2D eigenvalue weighted by molar-refractivity contribution is 6.28. The second-order valence-corrected chi connectivity index (χ2v) is 5.88. The second kappa shape index (κ2) is 5.82. The molecule has 1 fully saturated rings. The van der Waals surface area contributed by atoms with Crippen molar-refractivity contribution in [3.05, 3.63) is 35.4 Å². The van der Waals surface area contributed by atoms with Gasteiger partial charge in [-0.05, 0) is 36.6 Å². The minimum atomic E-state index is 0.294. The summed E-state index contributed by atoms with van der Waals surface area (Å²) in [6.45, 7) is 1.49. The van der Waals surface area contributed by atoms with Crippen LogP contribution in [0.25, 0.3) is 17.4 Å². The van der Waals surface area contributed by atoms with Gasteiger partial charge in [0.15, 0.2) is 22.6 Å². The van der Waals surface area contributed by atoms with Crippen LogP contribution in [0.15, 0.2) is 28.8 Å². The molecular formula is C15H16ClN5O2. The molecule has 8 heteroatoms. The van der Waals surface area contributed by atoms with E-state index in [0.717, 1.165) is 37.7 Å². The average Bonchev–Trinajstić information content (AvgIpc) is 3.27. The molecule has 3 aromatic heterocycles. The van der Waals surface area contributed by atoms with E-state index in [1.807, 2.05) is 13.1 Å².